The van der Waals surface area contributed by atoms with Gasteiger partial charge in [0.25, 0.3) is 0 Å². The smallest absolute Gasteiger partial charge is 0.247 e. The number of rotatable bonds is 7. The molecule has 2 aromatic heterocycles. The van der Waals surface area contributed by atoms with Gasteiger partial charge in [-0.25, -0.2) is 4.98 Å². The molecule has 1 aliphatic carbocycles. The summed E-state index contributed by atoms with van der Waals surface area (Å²) < 4.78 is 13.5. The topological polar surface area (TPSA) is 96.3 Å². The molecule has 1 unspecified atom stereocenters. The van der Waals surface area contributed by atoms with E-state index >= 15 is 0 Å². The van der Waals surface area contributed by atoms with Crippen LogP contribution in [0.5, 0.6) is 11.5 Å². The van der Waals surface area contributed by atoms with Crippen LogP contribution in [0.1, 0.15) is 48.7 Å². The lowest BCUT2D eigenvalue weighted by Crippen LogP contribution is -2.49. The first-order valence-corrected chi connectivity index (χ1v) is 16.1. The molecule has 3 aliphatic rings. The third kappa shape index (κ3) is 5.61. The predicted molar refractivity (Wildman–Crippen MR) is 177 cm³/mol. The molecule has 2 N–H and O–H groups in total. The average Bonchev–Trinajstić information content (AvgIpc) is 3.69. The van der Waals surface area contributed by atoms with Crippen LogP contribution in [0.2, 0.25) is 0 Å². The highest BCUT2D eigenvalue weighted by Crippen LogP contribution is 2.40. The molecule has 0 radical (unpaired) electrons. The first-order valence-electron chi connectivity index (χ1n) is 16.1. The van der Waals surface area contributed by atoms with Crippen LogP contribution in [-0.4, -0.2) is 89.6 Å². The average molecular weight is 610 g/mol. The van der Waals surface area contributed by atoms with Gasteiger partial charge in [0.05, 0.1) is 36.8 Å². The number of aryl methyl sites for hydroxylation is 1. The molecule has 1 atom stereocenters. The Bertz CT molecular complexity index is 1700. The molecule has 0 spiro atoms. The van der Waals surface area contributed by atoms with E-state index in [4.69, 9.17) is 14.5 Å². The van der Waals surface area contributed by atoms with Gasteiger partial charge in [-0.2, -0.15) is 0 Å². The minimum Gasteiger partial charge on any atom is -0.496 e. The van der Waals surface area contributed by atoms with Crippen LogP contribution in [0.4, 0.5) is 11.4 Å². The lowest BCUT2D eigenvalue weighted by molar-refractivity contribution is -0.116. The molecule has 1 amide bonds. The summed E-state index contributed by atoms with van der Waals surface area (Å²) in [6.07, 6.45) is 9.16. The highest BCUT2D eigenvalue weighted by atomic mass is 16.5. The Kier molecular flexibility index (Phi) is 8.10. The van der Waals surface area contributed by atoms with Gasteiger partial charge < -0.3 is 25.0 Å². The van der Waals surface area contributed by atoms with Crippen molar-refractivity contribution in [2.24, 2.45) is 0 Å². The number of fused-ring (bicyclic) bond motifs is 2. The van der Waals surface area contributed by atoms with E-state index in [-0.39, 0.29) is 5.91 Å². The van der Waals surface area contributed by atoms with Crippen LogP contribution in [0.15, 0.2) is 48.8 Å². The summed E-state index contributed by atoms with van der Waals surface area (Å²) in [5.74, 6) is 2.77. The molecule has 7 rings (SSSR count). The highest BCUT2D eigenvalue weighted by Gasteiger charge is 2.32. The van der Waals surface area contributed by atoms with Gasteiger partial charge in [-0.05, 0) is 63.9 Å². The van der Waals surface area contributed by atoms with Gasteiger partial charge in [0.1, 0.15) is 23.4 Å². The first-order chi connectivity index (χ1) is 21.9. The summed E-state index contributed by atoms with van der Waals surface area (Å²) in [4.78, 5) is 28.4. The van der Waals surface area contributed by atoms with Crippen LogP contribution in [0.3, 0.4) is 0 Å². The Hall–Kier alpha value is -4.15. The van der Waals surface area contributed by atoms with Crippen LogP contribution in [-0.2, 0) is 11.2 Å². The van der Waals surface area contributed by atoms with Gasteiger partial charge in [-0.15, -0.1) is 0 Å². The van der Waals surface area contributed by atoms with Crippen molar-refractivity contribution in [3.8, 4) is 22.8 Å². The second-order valence-electron chi connectivity index (χ2n) is 12.7. The summed E-state index contributed by atoms with van der Waals surface area (Å²) in [7, 11) is 5.50. The summed E-state index contributed by atoms with van der Waals surface area (Å²) >= 11 is 0. The Balaban J connectivity index is 1.11. The molecule has 2 aromatic carbocycles. The number of ether oxygens (including phenoxy) is 2. The third-order valence-corrected chi connectivity index (χ3v) is 10.0. The number of likely N-dealkylation sites (N-methyl/N-ethyl adjacent to an activating group) is 1. The normalized spacial score (nSPS) is 22.2. The summed E-state index contributed by atoms with van der Waals surface area (Å²) in [5, 5.41) is 6.41. The minimum atomic E-state index is -0.402. The molecule has 0 bridgehead atoms. The van der Waals surface area contributed by atoms with Crippen molar-refractivity contribution in [1.82, 2.24) is 24.2 Å². The molecule has 1 saturated heterocycles. The van der Waals surface area contributed by atoms with Gasteiger partial charge in [0.2, 0.25) is 5.91 Å². The number of nitrogens with one attached hydrogen (secondary N) is 2. The van der Waals surface area contributed by atoms with Crippen molar-refractivity contribution in [1.29, 1.82) is 0 Å². The number of benzene rings is 2. The second kappa shape index (κ2) is 12.3. The second-order valence-corrected chi connectivity index (χ2v) is 12.7. The quantitative estimate of drug-likeness (QED) is 0.303. The van der Waals surface area contributed by atoms with E-state index in [1.54, 1.807) is 14.2 Å². The number of amides is 1. The van der Waals surface area contributed by atoms with Crippen LogP contribution in [0.25, 0.3) is 16.8 Å². The summed E-state index contributed by atoms with van der Waals surface area (Å²) in [5.41, 5.74) is 6.36. The maximum atomic E-state index is 13.3. The van der Waals surface area contributed by atoms with Crippen molar-refractivity contribution >= 4 is 22.8 Å². The largest absolute Gasteiger partial charge is 0.496 e. The SMILES string of the molecule is COc1cc(-c2nc([C@H]3CC[C@H](N4CCN(C)CC4)CC3)n3ccnc(C)c23)ccc1NC(=O)C1Cc2c(cccc2OC)N1. The molecule has 10 heteroatoms. The fourth-order valence-corrected chi connectivity index (χ4v) is 7.46. The van der Waals surface area contributed by atoms with Gasteiger partial charge in [0.15, 0.2) is 0 Å². The maximum absolute atomic E-state index is 13.3. The van der Waals surface area contributed by atoms with Crippen LogP contribution in [0, 0.1) is 6.92 Å². The molecular weight excluding hydrogens is 566 g/mol. The standard InChI is InChI=1S/C35H43N7O3/c1-22-33-32(39-34(42(33)15-14-36-22)23-8-11-25(12-9-23)41-18-16-40(2)17-19-41)24-10-13-28(31(20-24)45-4)38-35(43)29-21-26-27(37-29)6-5-7-30(26)44-3/h5-7,10,13-15,20,23,25,29,37H,8-9,11-12,16-19,21H2,1-4H3,(H,38,43)/t23-,25-,29?. The molecular formula is C35H43N7O3. The number of piperazine rings is 1. The molecule has 236 valence electrons. The number of hydrogen-bond donors (Lipinski definition) is 2. The Morgan fingerprint density at radius 3 is 2.53 bits per heavy atom. The number of carbonyl (C=O) groups is 1. The summed E-state index contributed by atoms with van der Waals surface area (Å²) in [6.45, 7) is 6.71. The van der Waals surface area contributed by atoms with Gasteiger partial charge >= 0.3 is 0 Å². The van der Waals surface area contributed by atoms with E-state index in [9.17, 15) is 4.79 Å². The summed E-state index contributed by atoms with van der Waals surface area (Å²) in [6, 6.07) is 12.0. The molecule has 4 heterocycles. The zero-order chi connectivity index (χ0) is 31.1. The molecule has 45 heavy (non-hydrogen) atoms. The minimum absolute atomic E-state index is 0.124. The van der Waals surface area contributed by atoms with E-state index in [1.165, 1.54) is 25.9 Å². The zero-order valence-electron chi connectivity index (χ0n) is 26.7. The zero-order valence-corrected chi connectivity index (χ0v) is 26.7. The number of anilines is 2. The van der Waals surface area contributed by atoms with E-state index in [1.807, 2.05) is 55.7 Å². The molecule has 4 aromatic rings. The molecule has 2 aliphatic heterocycles. The number of nitrogens with zero attached hydrogens (tertiary/aromatic N) is 5. The number of methoxy groups -OCH3 is 2. The van der Waals surface area contributed by atoms with Crippen LogP contribution >= 0.6 is 0 Å². The van der Waals surface area contributed by atoms with Crippen molar-refractivity contribution in [2.45, 2.75) is 57.0 Å². The van der Waals surface area contributed by atoms with E-state index in [0.717, 1.165) is 71.2 Å². The van der Waals surface area contributed by atoms with Gasteiger partial charge in [0, 0.05) is 73.8 Å². The third-order valence-electron chi connectivity index (χ3n) is 10.0. The predicted octanol–water partition coefficient (Wildman–Crippen LogP) is 4.97. The molecule has 2 fully saturated rings. The number of imidazole rings is 1. The number of carbonyl (C=O) groups excluding carboxylic acids is 1. The first kappa shape index (κ1) is 29.6. The fourth-order valence-electron chi connectivity index (χ4n) is 7.46. The maximum Gasteiger partial charge on any atom is 0.247 e. The van der Waals surface area contributed by atoms with Gasteiger partial charge in [-0.1, -0.05) is 12.1 Å². The number of hydrogen-bond acceptors (Lipinski definition) is 8. The van der Waals surface area contributed by atoms with Crippen molar-refractivity contribution in [2.75, 3.05) is 58.1 Å². The van der Waals surface area contributed by atoms with Crippen molar-refractivity contribution in [3.63, 3.8) is 0 Å². The fraction of sp³-hybridized carbons (Fsp3) is 0.457. The lowest BCUT2D eigenvalue weighted by Gasteiger charge is -2.41. The lowest BCUT2D eigenvalue weighted by atomic mass is 9.84. The van der Waals surface area contributed by atoms with E-state index < -0.39 is 6.04 Å². The number of aromatic nitrogens is 3. The highest BCUT2D eigenvalue weighted by molar-refractivity contribution is 5.99. The van der Waals surface area contributed by atoms with Gasteiger partial charge in [-0.3, -0.25) is 19.1 Å². The monoisotopic (exact) mass is 609 g/mol. The Labute approximate surface area is 264 Å². The van der Waals surface area contributed by atoms with E-state index in [2.05, 4.69) is 36.9 Å². The van der Waals surface area contributed by atoms with Crippen molar-refractivity contribution < 1.29 is 14.3 Å². The van der Waals surface area contributed by atoms with Crippen LogP contribution < -0.4 is 20.1 Å². The van der Waals surface area contributed by atoms with Crippen molar-refractivity contribution in [3.05, 3.63) is 65.9 Å². The Morgan fingerprint density at radius 1 is 1.00 bits per heavy atom. The Morgan fingerprint density at radius 2 is 1.78 bits per heavy atom. The molecule has 1 saturated carbocycles. The van der Waals surface area contributed by atoms with E-state index in [0.29, 0.717) is 29.8 Å². The molecule has 10 nitrogen and oxygen atoms in total.